The van der Waals surface area contributed by atoms with Crippen molar-refractivity contribution in [2.75, 3.05) is 6.54 Å². The number of rotatable bonds is 6. The maximum absolute atomic E-state index is 12.7. The quantitative estimate of drug-likeness (QED) is 0.639. The van der Waals surface area contributed by atoms with Crippen molar-refractivity contribution >= 4 is 23.2 Å². The zero-order valence-electron chi connectivity index (χ0n) is 14.8. The number of aromatic nitrogens is 3. The minimum absolute atomic E-state index is 0.241. The lowest BCUT2D eigenvalue weighted by molar-refractivity contribution is 0.0814. The molecule has 3 rings (SSSR count). The number of amides is 1. The van der Waals surface area contributed by atoms with Gasteiger partial charge in [-0.15, -0.1) is 0 Å². The van der Waals surface area contributed by atoms with Crippen molar-refractivity contribution in [1.82, 2.24) is 19.3 Å². The molecule has 0 saturated heterocycles. The van der Waals surface area contributed by atoms with Crippen molar-refractivity contribution in [1.29, 1.82) is 0 Å². The van der Waals surface area contributed by atoms with Crippen LogP contribution in [0.3, 0.4) is 0 Å². The molecular weight excluding hydrogens is 352 g/mol. The fourth-order valence-corrected chi connectivity index (χ4v) is 3.05. The Kier molecular flexibility index (Phi) is 5.73. The van der Waals surface area contributed by atoms with E-state index in [1.54, 1.807) is 23.5 Å². The highest BCUT2D eigenvalue weighted by atomic mass is 35.5. The SMILES string of the molecule is CCCN(C(=O)OCc1ccccc1)[C@@H](C)c1ncc2c(Cl)nccn12. The Morgan fingerprint density at radius 3 is 2.81 bits per heavy atom. The summed E-state index contributed by atoms with van der Waals surface area (Å²) in [5, 5.41) is 0.382. The molecule has 0 unspecified atom stereocenters. The maximum Gasteiger partial charge on any atom is 0.410 e. The number of hydrogen-bond donors (Lipinski definition) is 0. The van der Waals surface area contributed by atoms with Crippen LogP contribution in [0.1, 0.15) is 37.7 Å². The first-order valence-electron chi connectivity index (χ1n) is 8.56. The molecule has 6 nitrogen and oxygen atoms in total. The second-order valence-electron chi connectivity index (χ2n) is 6.00. The zero-order chi connectivity index (χ0) is 18.5. The van der Waals surface area contributed by atoms with E-state index >= 15 is 0 Å². The van der Waals surface area contributed by atoms with Gasteiger partial charge in [-0.3, -0.25) is 9.30 Å². The van der Waals surface area contributed by atoms with Gasteiger partial charge in [-0.05, 0) is 18.9 Å². The first-order chi connectivity index (χ1) is 12.6. The molecule has 1 atom stereocenters. The highest BCUT2D eigenvalue weighted by molar-refractivity contribution is 6.32. The number of fused-ring (bicyclic) bond motifs is 1. The molecule has 136 valence electrons. The van der Waals surface area contributed by atoms with Gasteiger partial charge in [0.25, 0.3) is 0 Å². The van der Waals surface area contributed by atoms with E-state index in [0.717, 1.165) is 17.8 Å². The predicted molar refractivity (Wildman–Crippen MR) is 100 cm³/mol. The zero-order valence-corrected chi connectivity index (χ0v) is 15.6. The lowest BCUT2D eigenvalue weighted by Gasteiger charge is -2.27. The Morgan fingerprint density at radius 1 is 1.31 bits per heavy atom. The first-order valence-corrected chi connectivity index (χ1v) is 8.94. The molecule has 0 spiro atoms. The summed E-state index contributed by atoms with van der Waals surface area (Å²) in [6.07, 6.45) is 5.53. The fraction of sp³-hybridized carbons (Fsp3) is 0.316. The summed E-state index contributed by atoms with van der Waals surface area (Å²) in [6, 6.07) is 9.36. The number of ether oxygens (including phenoxy) is 1. The van der Waals surface area contributed by atoms with Crippen LogP contribution in [0.15, 0.2) is 48.9 Å². The van der Waals surface area contributed by atoms with Crippen molar-refractivity contribution in [2.24, 2.45) is 0 Å². The van der Waals surface area contributed by atoms with Crippen molar-refractivity contribution in [3.8, 4) is 0 Å². The van der Waals surface area contributed by atoms with Crippen LogP contribution in [0.25, 0.3) is 5.52 Å². The predicted octanol–water partition coefficient (Wildman–Crippen LogP) is 4.49. The standard InChI is InChI=1S/C19H21ClN4O2/c1-3-10-23(19(25)26-13-15-7-5-4-6-8-15)14(2)18-22-12-16-17(20)21-9-11-24(16)18/h4-9,11-12,14H,3,10,13H2,1-2H3/t14-/m0/s1. The monoisotopic (exact) mass is 372 g/mol. The average Bonchev–Trinajstić information content (AvgIpc) is 3.10. The Hall–Kier alpha value is -2.60. The van der Waals surface area contributed by atoms with Crippen LogP contribution < -0.4 is 0 Å². The van der Waals surface area contributed by atoms with E-state index < -0.39 is 0 Å². The summed E-state index contributed by atoms with van der Waals surface area (Å²) in [4.78, 5) is 22.9. The number of benzene rings is 1. The molecule has 3 aromatic rings. The van der Waals surface area contributed by atoms with Gasteiger partial charge in [0.2, 0.25) is 0 Å². The Morgan fingerprint density at radius 2 is 2.08 bits per heavy atom. The van der Waals surface area contributed by atoms with Gasteiger partial charge < -0.3 is 4.74 Å². The van der Waals surface area contributed by atoms with E-state index in [2.05, 4.69) is 9.97 Å². The van der Waals surface area contributed by atoms with E-state index in [1.807, 2.05) is 48.6 Å². The van der Waals surface area contributed by atoms with Gasteiger partial charge in [0, 0.05) is 18.9 Å². The smallest absolute Gasteiger partial charge is 0.410 e. The number of nitrogens with zero attached hydrogens (tertiary/aromatic N) is 4. The summed E-state index contributed by atoms with van der Waals surface area (Å²) in [5.74, 6) is 0.717. The molecule has 2 heterocycles. The molecule has 0 fully saturated rings. The Balaban J connectivity index is 1.79. The first kappa shape index (κ1) is 18.2. The van der Waals surface area contributed by atoms with E-state index in [0.29, 0.717) is 17.2 Å². The normalized spacial score (nSPS) is 12.1. The molecule has 2 aromatic heterocycles. The number of carbonyl (C=O) groups is 1. The van der Waals surface area contributed by atoms with Gasteiger partial charge in [0.05, 0.1) is 12.2 Å². The third-order valence-electron chi connectivity index (χ3n) is 4.19. The molecule has 0 aliphatic carbocycles. The third-order valence-corrected chi connectivity index (χ3v) is 4.48. The van der Waals surface area contributed by atoms with Crippen LogP contribution in [0, 0.1) is 0 Å². The highest BCUT2D eigenvalue weighted by Gasteiger charge is 2.25. The van der Waals surface area contributed by atoms with Gasteiger partial charge in [-0.1, -0.05) is 48.9 Å². The van der Waals surface area contributed by atoms with E-state index in [1.165, 1.54) is 0 Å². The summed E-state index contributed by atoms with van der Waals surface area (Å²) in [5.41, 5.74) is 1.67. The topological polar surface area (TPSA) is 59.7 Å². The molecule has 0 saturated carbocycles. The molecule has 0 aliphatic heterocycles. The largest absolute Gasteiger partial charge is 0.445 e. The van der Waals surface area contributed by atoms with Gasteiger partial charge in [-0.2, -0.15) is 0 Å². The Bertz CT molecular complexity index is 882. The summed E-state index contributed by atoms with van der Waals surface area (Å²) in [7, 11) is 0. The van der Waals surface area contributed by atoms with E-state index in [-0.39, 0.29) is 18.7 Å². The molecule has 0 aliphatic rings. The molecule has 1 amide bonds. The van der Waals surface area contributed by atoms with Crippen LogP contribution in [-0.4, -0.2) is 31.9 Å². The van der Waals surface area contributed by atoms with Gasteiger partial charge >= 0.3 is 6.09 Å². The second kappa shape index (κ2) is 8.19. The minimum Gasteiger partial charge on any atom is -0.445 e. The maximum atomic E-state index is 12.7. The summed E-state index contributed by atoms with van der Waals surface area (Å²) >= 11 is 6.12. The van der Waals surface area contributed by atoms with Gasteiger partial charge in [0.1, 0.15) is 17.9 Å². The number of halogens is 1. The van der Waals surface area contributed by atoms with Gasteiger partial charge in [0.15, 0.2) is 5.15 Å². The fourth-order valence-electron chi connectivity index (χ4n) is 2.85. The van der Waals surface area contributed by atoms with Crippen molar-refractivity contribution in [2.45, 2.75) is 32.9 Å². The third kappa shape index (κ3) is 3.80. The summed E-state index contributed by atoms with van der Waals surface area (Å²) in [6.45, 7) is 4.77. The molecule has 0 bridgehead atoms. The lowest BCUT2D eigenvalue weighted by Crippen LogP contribution is -2.35. The van der Waals surface area contributed by atoms with Crippen molar-refractivity contribution in [3.05, 3.63) is 65.5 Å². The molecule has 7 heteroatoms. The Labute approximate surface area is 157 Å². The molecule has 1 aromatic carbocycles. The summed E-state index contributed by atoms with van der Waals surface area (Å²) < 4.78 is 7.36. The van der Waals surface area contributed by atoms with Crippen LogP contribution >= 0.6 is 11.6 Å². The minimum atomic E-state index is -0.361. The molecule has 0 radical (unpaired) electrons. The van der Waals surface area contributed by atoms with E-state index in [9.17, 15) is 4.79 Å². The van der Waals surface area contributed by atoms with Crippen LogP contribution in [-0.2, 0) is 11.3 Å². The molecule has 26 heavy (non-hydrogen) atoms. The lowest BCUT2D eigenvalue weighted by atomic mass is 10.2. The average molecular weight is 373 g/mol. The number of hydrogen-bond acceptors (Lipinski definition) is 4. The van der Waals surface area contributed by atoms with Crippen LogP contribution in [0.2, 0.25) is 5.15 Å². The highest BCUT2D eigenvalue weighted by Crippen LogP contribution is 2.24. The van der Waals surface area contributed by atoms with Crippen LogP contribution in [0.5, 0.6) is 0 Å². The van der Waals surface area contributed by atoms with Crippen molar-refractivity contribution in [3.63, 3.8) is 0 Å². The van der Waals surface area contributed by atoms with Crippen LogP contribution in [0.4, 0.5) is 4.79 Å². The molecule has 0 N–H and O–H groups in total. The second-order valence-corrected chi connectivity index (χ2v) is 6.36. The van der Waals surface area contributed by atoms with E-state index in [4.69, 9.17) is 16.3 Å². The van der Waals surface area contributed by atoms with Gasteiger partial charge in [-0.25, -0.2) is 14.8 Å². The number of carbonyl (C=O) groups excluding carboxylic acids is 1. The molecular formula is C19H21ClN4O2. The van der Waals surface area contributed by atoms with Crippen molar-refractivity contribution < 1.29 is 9.53 Å². The number of imidazole rings is 1.